The fourth-order valence-electron chi connectivity index (χ4n) is 4.47. The normalized spacial score (nSPS) is 20.3. The second kappa shape index (κ2) is 10.1. The molecule has 2 atom stereocenters. The predicted octanol–water partition coefficient (Wildman–Crippen LogP) is 2.81. The number of rotatable bonds is 8. The molecule has 4 rings (SSSR count). The second-order valence-electron chi connectivity index (χ2n) is 8.62. The van der Waals surface area contributed by atoms with Gasteiger partial charge in [-0.05, 0) is 24.1 Å². The Morgan fingerprint density at radius 2 is 2.11 bits per heavy atom. The van der Waals surface area contributed by atoms with Crippen molar-refractivity contribution in [3.63, 3.8) is 0 Å². The number of primary amides is 1. The summed E-state index contributed by atoms with van der Waals surface area (Å²) in [6.45, 7) is 1.14. The highest BCUT2D eigenvalue weighted by Gasteiger charge is 2.46. The molecule has 3 aromatic rings. The van der Waals surface area contributed by atoms with E-state index in [9.17, 15) is 14.9 Å². The fraction of sp³-hybridized carbons (Fsp3) is 0.360. The van der Waals surface area contributed by atoms with Crippen LogP contribution in [-0.4, -0.2) is 52.9 Å². The zero-order valence-corrected chi connectivity index (χ0v) is 19.3. The Kier molecular flexibility index (Phi) is 6.98. The van der Waals surface area contributed by atoms with Crippen LogP contribution in [0.3, 0.4) is 0 Å². The average molecular weight is 480 g/mol. The molecule has 2 aromatic heterocycles. The van der Waals surface area contributed by atoms with Crippen LogP contribution in [0, 0.1) is 11.3 Å². The lowest BCUT2D eigenvalue weighted by molar-refractivity contribution is -0.139. The molecule has 1 aromatic carbocycles. The largest absolute Gasteiger partial charge is 0.469 e. The number of nitrogens with two attached hydrogens (primary N) is 1. The lowest BCUT2D eigenvalue weighted by Crippen LogP contribution is -2.54. The number of hydrogen-bond acceptors (Lipinski definition) is 7. The Balaban J connectivity index is 1.52. The van der Waals surface area contributed by atoms with Gasteiger partial charge in [0.25, 0.3) is 5.91 Å². The number of esters is 1. The van der Waals surface area contributed by atoms with E-state index in [1.54, 1.807) is 6.26 Å². The maximum Gasteiger partial charge on any atom is 0.311 e. The molecule has 9 nitrogen and oxygen atoms in total. The lowest BCUT2D eigenvalue weighted by atomic mass is 9.83. The van der Waals surface area contributed by atoms with E-state index in [0.717, 1.165) is 16.9 Å². The van der Waals surface area contributed by atoms with Gasteiger partial charge in [0, 0.05) is 31.4 Å². The monoisotopic (exact) mass is 479 g/mol. The van der Waals surface area contributed by atoms with Gasteiger partial charge in [-0.15, -0.1) is 0 Å². The maximum atomic E-state index is 15.8. The second-order valence-corrected chi connectivity index (χ2v) is 8.62. The topological polar surface area (TPSA) is 127 Å². The first-order valence-corrected chi connectivity index (χ1v) is 11.2. The number of carbonyl (C=O) groups is 2. The number of nitrogens with zero attached hydrogens (tertiary/aromatic N) is 4. The van der Waals surface area contributed by atoms with Crippen molar-refractivity contribution in [3.8, 4) is 17.4 Å². The van der Waals surface area contributed by atoms with E-state index in [4.69, 9.17) is 10.2 Å². The minimum Gasteiger partial charge on any atom is -0.469 e. The number of furan rings is 1. The zero-order valence-electron chi connectivity index (χ0n) is 19.3. The molecule has 2 unspecified atom stereocenters. The quantitative estimate of drug-likeness (QED) is 0.492. The number of likely N-dealkylation sites (tertiary alicyclic amines) is 1. The van der Waals surface area contributed by atoms with Crippen molar-refractivity contribution in [2.24, 2.45) is 5.73 Å². The molecule has 1 saturated heterocycles. The van der Waals surface area contributed by atoms with E-state index in [0.29, 0.717) is 19.5 Å². The number of amides is 1. The molecule has 0 radical (unpaired) electrons. The summed E-state index contributed by atoms with van der Waals surface area (Å²) in [5, 5.41) is 13.8. The van der Waals surface area contributed by atoms with Gasteiger partial charge in [-0.25, -0.2) is 4.39 Å². The van der Waals surface area contributed by atoms with Gasteiger partial charge in [0.05, 0.1) is 43.5 Å². The Morgan fingerprint density at radius 1 is 1.34 bits per heavy atom. The van der Waals surface area contributed by atoms with Crippen LogP contribution in [-0.2, 0) is 28.0 Å². The summed E-state index contributed by atoms with van der Waals surface area (Å²) < 4.78 is 27.2. The minimum atomic E-state index is -1.44. The third kappa shape index (κ3) is 4.95. The first-order valence-electron chi connectivity index (χ1n) is 11.2. The first kappa shape index (κ1) is 24.2. The van der Waals surface area contributed by atoms with Crippen molar-refractivity contribution in [1.29, 1.82) is 5.26 Å². The van der Waals surface area contributed by atoms with E-state index in [-0.39, 0.29) is 30.6 Å². The molecule has 1 fully saturated rings. The standard InChI is InChI=1S/C25H26FN5O4/c1-34-23(32)13-20-19(24(28)33)15-31(29-20)25(8-10-27)9-11-30(16-22(25)26)14-17-4-6-18(7-5-17)21-3-2-12-35-21/h2-7,12,15,22H,8-9,11,13-14,16H2,1H3,(H2,28,33). The molecule has 0 aliphatic carbocycles. The number of halogens is 1. The lowest BCUT2D eigenvalue weighted by Gasteiger charge is -2.43. The van der Waals surface area contributed by atoms with Gasteiger partial charge in [-0.3, -0.25) is 19.2 Å². The van der Waals surface area contributed by atoms with Crippen molar-refractivity contribution in [2.75, 3.05) is 20.2 Å². The van der Waals surface area contributed by atoms with Gasteiger partial charge >= 0.3 is 5.97 Å². The Hall–Kier alpha value is -3.97. The molecule has 1 aliphatic rings. The van der Waals surface area contributed by atoms with Crippen molar-refractivity contribution in [3.05, 3.63) is 65.7 Å². The van der Waals surface area contributed by atoms with Crippen molar-refractivity contribution < 1.29 is 23.1 Å². The van der Waals surface area contributed by atoms with Gasteiger partial charge in [0.2, 0.25) is 0 Å². The van der Waals surface area contributed by atoms with Gasteiger partial charge in [-0.1, -0.05) is 24.3 Å². The minimum absolute atomic E-state index is 0.0130. The number of alkyl halides is 1. The highest BCUT2D eigenvalue weighted by Crippen LogP contribution is 2.36. The van der Waals surface area contributed by atoms with Crippen LogP contribution < -0.4 is 5.73 Å². The molecule has 35 heavy (non-hydrogen) atoms. The fourth-order valence-corrected chi connectivity index (χ4v) is 4.47. The molecule has 3 heterocycles. The molecule has 2 N–H and O–H groups in total. The molecular formula is C25H26FN5O4. The predicted molar refractivity (Wildman–Crippen MR) is 124 cm³/mol. The third-order valence-corrected chi connectivity index (χ3v) is 6.47. The zero-order chi connectivity index (χ0) is 25.0. The van der Waals surface area contributed by atoms with Crippen LogP contribution in [0.4, 0.5) is 4.39 Å². The maximum absolute atomic E-state index is 15.8. The van der Waals surface area contributed by atoms with Gasteiger partial charge < -0.3 is 14.9 Å². The van der Waals surface area contributed by atoms with Crippen LogP contribution in [0.15, 0.2) is 53.3 Å². The summed E-state index contributed by atoms with van der Waals surface area (Å²) in [7, 11) is 1.22. The molecular weight excluding hydrogens is 453 g/mol. The number of methoxy groups -OCH3 is 1. The summed E-state index contributed by atoms with van der Waals surface area (Å²) in [6.07, 6.45) is 1.40. The van der Waals surface area contributed by atoms with Crippen LogP contribution in [0.1, 0.15) is 34.5 Å². The van der Waals surface area contributed by atoms with E-state index in [1.807, 2.05) is 41.3 Å². The Morgan fingerprint density at radius 3 is 2.71 bits per heavy atom. The van der Waals surface area contributed by atoms with Crippen LogP contribution >= 0.6 is 0 Å². The van der Waals surface area contributed by atoms with E-state index in [2.05, 4.69) is 15.9 Å². The van der Waals surface area contributed by atoms with Crippen LogP contribution in [0.2, 0.25) is 0 Å². The summed E-state index contributed by atoms with van der Waals surface area (Å²) in [5.41, 5.74) is 6.29. The number of ether oxygens (including phenoxy) is 1. The highest BCUT2D eigenvalue weighted by atomic mass is 19.1. The van der Waals surface area contributed by atoms with E-state index < -0.39 is 23.6 Å². The summed E-state index contributed by atoms with van der Waals surface area (Å²) in [4.78, 5) is 25.7. The molecule has 1 aliphatic heterocycles. The van der Waals surface area contributed by atoms with E-state index >= 15 is 4.39 Å². The van der Waals surface area contributed by atoms with Gasteiger partial charge in [0.1, 0.15) is 17.5 Å². The van der Waals surface area contributed by atoms with Crippen molar-refractivity contribution >= 4 is 11.9 Å². The van der Waals surface area contributed by atoms with Crippen LogP contribution in [0.5, 0.6) is 0 Å². The number of carbonyl (C=O) groups excluding carboxylic acids is 2. The van der Waals surface area contributed by atoms with Gasteiger partial charge in [-0.2, -0.15) is 10.4 Å². The van der Waals surface area contributed by atoms with E-state index in [1.165, 1.54) is 18.0 Å². The van der Waals surface area contributed by atoms with Crippen LogP contribution in [0.25, 0.3) is 11.3 Å². The third-order valence-electron chi connectivity index (χ3n) is 6.47. The number of hydrogen-bond donors (Lipinski definition) is 1. The Bertz CT molecular complexity index is 1230. The molecule has 0 bridgehead atoms. The molecule has 10 heteroatoms. The smallest absolute Gasteiger partial charge is 0.311 e. The average Bonchev–Trinajstić information content (AvgIpc) is 3.52. The number of benzene rings is 1. The Labute approximate surface area is 201 Å². The highest BCUT2D eigenvalue weighted by molar-refractivity contribution is 5.94. The first-order chi connectivity index (χ1) is 16.9. The summed E-state index contributed by atoms with van der Waals surface area (Å²) in [5.74, 6) is -0.606. The van der Waals surface area contributed by atoms with Gasteiger partial charge in [0.15, 0.2) is 0 Å². The molecule has 182 valence electrons. The van der Waals surface area contributed by atoms with Crippen molar-refractivity contribution in [1.82, 2.24) is 14.7 Å². The molecule has 0 saturated carbocycles. The summed E-state index contributed by atoms with van der Waals surface area (Å²) >= 11 is 0. The SMILES string of the molecule is COC(=O)Cc1nn(C2(CC#N)CCN(Cc3ccc(-c4ccco4)cc3)CC2F)cc1C(N)=O. The molecule has 1 amide bonds. The number of piperidine rings is 1. The number of aromatic nitrogens is 2. The van der Waals surface area contributed by atoms with Crippen molar-refractivity contribution in [2.45, 2.75) is 37.5 Å². The molecule has 0 spiro atoms. The number of nitriles is 1. The summed E-state index contributed by atoms with van der Waals surface area (Å²) in [6, 6.07) is 13.7.